The third-order valence-electron chi connectivity index (χ3n) is 2.67. The summed E-state index contributed by atoms with van der Waals surface area (Å²) in [6.07, 6.45) is -1.58. The zero-order chi connectivity index (χ0) is 14.4. The molecule has 1 aromatic carbocycles. The maximum Gasteiger partial charge on any atom is 0.337 e. The van der Waals surface area contributed by atoms with Crippen LogP contribution in [0.1, 0.15) is 29.2 Å². The zero-order valence-electron chi connectivity index (χ0n) is 10.3. The molecule has 1 unspecified atom stereocenters. The van der Waals surface area contributed by atoms with E-state index in [0.29, 0.717) is 5.56 Å². The monoisotopic (exact) mass is 263 g/mol. The number of benzene rings is 1. The van der Waals surface area contributed by atoms with E-state index in [0.717, 1.165) is 0 Å². The van der Waals surface area contributed by atoms with E-state index in [-0.39, 0.29) is 24.0 Å². The Bertz CT molecular complexity index is 532. The maximum absolute atomic E-state index is 11.1. The Kier molecular flexibility index (Phi) is 5.03. The van der Waals surface area contributed by atoms with Crippen LogP contribution in [-0.4, -0.2) is 29.3 Å². The highest BCUT2D eigenvalue weighted by Crippen LogP contribution is 2.23. The number of aliphatic carboxylic acids is 1. The normalized spacial score (nSPS) is 11.4. The lowest BCUT2D eigenvalue weighted by Gasteiger charge is -2.13. The van der Waals surface area contributed by atoms with Crippen LogP contribution in [0.15, 0.2) is 18.2 Å². The summed E-state index contributed by atoms with van der Waals surface area (Å²) in [6, 6.07) is 6.33. The number of rotatable bonds is 5. The van der Waals surface area contributed by atoms with E-state index in [1.54, 1.807) is 0 Å². The number of hydrogen-bond acceptors (Lipinski definition) is 5. The predicted octanol–water partition coefficient (Wildman–Crippen LogP) is 0.782. The lowest BCUT2D eigenvalue weighted by atomic mass is 9.94. The third-order valence-corrected chi connectivity index (χ3v) is 2.67. The van der Waals surface area contributed by atoms with Gasteiger partial charge in [-0.05, 0) is 23.6 Å². The van der Waals surface area contributed by atoms with Gasteiger partial charge in [0.05, 0.1) is 18.7 Å². The van der Waals surface area contributed by atoms with Gasteiger partial charge in [0.1, 0.15) is 0 Å². The molecule has 0 aliphatic carbocycles. The van der Waals surface area contributed by atoms with E-state index in [4.69, 9.17) is 10.4 Å². The molecule has 6 nitrogen and oxygen atoms in total. The number of carbonyl (C=O) groups excluding carboxylic acids is 1. The molecule has 100 valence electrons. The standard InChI is InChI=1S/C13H13NO5/c1-19-11(15)6-5-9-8(7-14)3-2-4-10(9)12(16)13(17)18/h2-4,12,16H,5-6H2,1H3,(H,17,18). The smallest absolute Gasteiger partial charge is 0.337 e. The number of methoxy groups -OCH3 is 1. The molecule has 0 aromatic heterocycles. The van der Waals surface area contributed by atoms with Crippen LogP contribution >= 0.6 is 0 Å². The van der Waals surface area contributed by atoms with Crippen molar-refractivity contribution < 1.29 is 24.5 Å². The number of nitrogens with zero attached hydrogens (tertiary/aromatic N) is 1. The van der Waals surface area contributed by atoms with Gasteiger partial charge in [0, 0.05) is 6.42 Å². The molecule has 0 aliphatic heterocycles. The van der Waals surface area contributed by atoms with Crippen LogP contribution in [0, 0.1) is 11.3 Å². The fraction of sp³-hybridized carbons (Fsp3) is 0.308. The second kappa shape index (κ2) is 6.52. The highest BCUT2D eigenvalue weighted by Gasteiger charge is 2.21. The van der Waals surface area contributed by atoms with Crippen molar-refractivity contribution in [3.8, 4) is 6.07 Å². The van der Waals surface area contributed by atoms with Gasteiger partial charge in [-0.15, -0.1) is 0 Å². The van der Waals surface area contributed by atoms with Crippen LogP contribution in [0.5, 0.6) is 0 Å². The molecule has 0 aliphatic rings. The van der Waals surface area contributed by atoms with Crippen molar-refractivity contribution in [2.24, 2.45) is 0 Å². The number of carboxylic acids is 1. The maximum atomic E-state index is 11.1. The Hall–Kier alpha value is -2.39. The van der Waals surface area contributed by atoms with Gasteiger partial charge in [0.2, 0.25) is 0 Å². The molecule has 0 fully saturated rings. The van der Waals surface area contributed by atoms with Crippen molar-refractivity contribution in [1.29, 1.82) is 5.26 Å². The van der Waals surface area contributed by atoms with Crippen molar-refractivity contribution in [2.75, 3.05) is 7.11 Å². The van der Waals surface area contributed by atoms with Gasteiger partial charge in [-0.1, -0.05) is 12.1 Å². The first kappa shape index (κ1) is 14.7. The lowest BCUT2D eigenvalue weighted by molar-refractivity contribution is -0.147. The summed E-state index contributed by atoms with van der Waals surface area (Å²) < 4.78 is 4.49. The van der Waals surface area contributed by atoms with Crippen molar-refractivity contribution >= 4 is 11.9 Å². The van der Waals surface area contributed by atoms with Crippen molar-refractivity contribution in [3.05, 3.63) is 34.9 Å². The van der Waals surface area contributed by atoms with Crippen LogP contribution in [0.3, 0.4) is 0 Å². The highest BCUT2D eigenvalue weighted by molar-refractivity contribution is 5.75. The molecule has 0 spiro atoms. The SMILES string of the molecule is COC(=O)CCc1c(C#N)cccc1C(O)C(=O)O. The fourth-order valence-electron chi connectivity index (χ4n) is 1.71. The average molecular weight is 263 g/mol. The van der Waals surface area contributed by atoms with Crippen LogP contribution in [0.4, 0.5) is 0 Å². The molecular formula is C13H13NO5. The number of carbonyl (C=O) groups is 2. The summed E-state index contributed by atoms with van der Waals surface area (Å²) in [4.78, 5) is 21.9. The second-order valence-electron chi connectivity index (χ2n) is 3.80. The van der Waals surface area contributed by atoms with E-state index in [9.17, 15) is 14.7 Å². The van der Waals surface area contributed by atoms with E-state index in [2.05, 4.69) is 4.74 Å². The topological polar surface area (TPSA) is 108 Å². The first-order chi connectivity index (χ1) is 9.01. The van der Waals surface area contributed by atoms with Gasteiger partial charge in [-0.2, -0.15) is 5.26 Å². The predicted molar refractivity (Wildman–Crippen MR) is 64.1 cm³/mol. The molecule has 0 bridgehead atoms. The van der Waals surface area contributed by atoms with E-state index < -0.39 is 18.0 Å². The van der Waals surface area contributed by atoms with E-state index in [1.807, 2.05) is 6.07 Å². The molecule has 19 heavy (non-hydrogen) atoms. The van der Waals surface area contributed by atoms with Crippen LogP contribution in [-0.2, 0) is 20.7 Å². The molecule has 1 aromatic rings. The quantitative estimate of drug-likeness (QED) is 0.760. The molecule has 0 amide bonds. The summed E-state index contributed by atoms with van der Waals surface area (Å²) >= 11 is 0. The molecule has 0 heterocycles. The number of nitriles is 1. The fourth-order valence-corrected chi connectivity index (χ4v) is 1.71. The molecular weight excluding hydrogens is 250 g/mol. The van der Waals surface area contributed by atoms with Crippen LogP contribution < -0.4 is 0 Å². The summed E-state index contributed by atoms with van der Waals surface area (Å²) in [6.45, 7) is 0. The minimum Gasteiger partial charge on any atom is -0.479 e. The largest absolute Gasteiger partial charge is 0.479 e. The first-order valence-corrected chi connectivity index (χ1v) is 5.50. The number of ether oxygens (including phenoxy) is 1. The molecule has 6 heteroatoms. The molecule has 0 radical (unpaired) electrons. The van der Waals surface area contributed by atoms with Crippen molar-refractivity contribution in [1.82, 2.24) is 0 Å². The molecule has 2 N–H and O–H groups in total. The lowest BCUT2D eigenvalue weighted by Crippen LogP contribution is -2.14. The van der Waals surface area contributed by atoms with Gasteiger partial charge in [0.15, 0.2) is 6.10 Å². The number of carboxylic acid groups (broad SMARTS) is 1. The summed E-state index contributed by atoms with van der Waals surface area (Å²) in [5.74, 6) is -1.88. The van der Waals surface area contributed by atoms with Crippen molar-refractivity contribution in [2.45, 2.75) is 18.9 Å². The van der Waals surface area contributed by atoms with Gasteiger partial charge in [-0.3, -0.25) is 4.79 Å². The Balaban J connectivity index is 3.14. The molecule has 0 saturated heterocycles. The number of hydrogen-bond donors (Lipinski definition) is 2. The summed E-state index contributed by atoms with van der Waals surface area (Å²) in [5, 5.41) is 27.4. The third kappa shape index (κ3) is 3.53. The summed E-state index contributed by atoms with van der Waals surface area (Å²) in [5.41, 5.74) is 0.711. The minimum atomic E-state index is -1.72. The molecule has 1 rings (SSSR count). The number of esters is 1. The van der Waals surface area contributed by atoms with Crippen LogP contribution in [0.2, 0.25) is 0 Å². The molecule has 1 atom stereocenters. The Morgan fingerprint density at radius 3 is 2.68 bits per heavy atom. The Morgan fingerprint density at radius 2 is 2.16 bits per heavy atom. The zero-order valence-corrected chi connectivity index (χ0v) is 10.3. The van der Waals surface area contributed by atoms with Crippen LogP contribution in [0.25, 0.3) is 0 Å². The number of aliphatic hydroxyl groups excluding tert-OH is 1. The minimum absolute atomic E-state index is 0.00846. The van der Waals surface area contributed by atoms with Gasteiger partial charge in [0.25, 0.3) is 0 Å². The Morgan fingerprint density at radius 1 is 1.47 bits per heavy atom. The van der Waals surface area contributed by atoms with Crippen molar-refractivity contribution in [3.63, 3.8) is 0 Å². The van der Waals surface area contributed by atoms with Gasteiger partial charge < -0.3 is 14.9 Å². The second-order valence-corrected chi connectivity index (χ2v) is 3.80. The average Bonchev–Trinajstić information content (AvgIpc) is 2.43. The highest BCUT2D eigenvalue weighted by atomic mass is 16.5. The van der Waals surface area contributed by atoms with Gasteiger partial charge in [-0.25, -0.2) is 4.79 Å². The number of aliphatic hydroxyl groups is 1. The Labute approximate surface area is 109 Å². The first-order valence-electron chi connectivity index (χ1n) is 5.50. The molecule has 0 saturated carbocycles. The van der Waals surface area contributed by atoms with E-state index in [1.165, 1.54) is 25.3 Å². The van der Waals surface area contributed by atoms with E-state index >= 15 is 0 Å². The van der Waals surface area contributed by atoms with Gasteiger partial charge >= 0.3 is 11.9 Å². The summed E-state index contributed by atoms with van der Waals surface area (Å²) in [7, 11) is 1.24.